The standard InChI is InChI=1S/C13H22ClN3O/c1-4-11-9(5-6-18-11)12(15)13-10(14)7-16-17(13)8(2)3/h7-9,11-12H,4-6,15H2,1-3H3. The zero-order valence-electron chi connectivity index (χ0n) is 11.3. The summed E-state index contributed by atoms with van der Waals surface area (Å²) in [6.45, 7) is 7.10. The van der Waals surface area contributed by atoms with Gasteiger partial charge < -0.3 is 10.5 Å². The van der Waals surface area contributed by atoms with Gasteiger partial charge in [0.15, 0.2) is 0 Å². The Morgan fingerprint density at radius 1 is 1.61 bits per heavy atom. The molecule has 3 unspecified atom stereocenters. The monoisotopic (exact) mass is 271 g/mol. The summed E-state index contributed by atoms with van der Waals surface area (Å²) in [5, 5.41) is 4.99. The number of ether oxygens (including phenoxy) is 1. The first-order valence-corrected chi connectivity index (χ1v) is 7.04. The Balaban J connectivity index is 2.27. The Morgan fingerprint density at radius 2 is 2.33 bits per heavy atom. The van der Waals surface area contributed by atoms with Gasteiger partial charge in [0.2, 0.25) is 0 Å². The van der Waals surface area contributed by atoms with Crippen molar-refractivity contribution in [2.24, 2.45) is 11.7 Å². The van der Waals surface area contributed by atoms with Gasteiger partial charge in [-0.25, -0.2) is 0 Å². The van der Waals surface area contributed by atoms with Crippen molar-refractivity contribution in [3.8, 4) is 0 Å². The number of nitrogens with zero attached hydrogens (tertiary/aromatic N) is 2. The van der Waals surface area contributed by atoms with E-state index in [0.717, 1.165) is 25.1 Å². The van der Waals surface area contributed by atoms with E-state index < -0.39 is 0 Å². The van der Waals surface area contributed by atoms with E-state index in [1.54, 1.807) is 6.20 Å². The number of hydrogen-bond acceptors (Lipinski definition) is 3. The third-order valence-electron chi connectivity index (χ3n) is 3.72. The lowest BCUT2D eigenvalue weighted by molar-refractivity contribution is 0.0804. The van der Waals surface area contributed by atoms with E-state index in [1.807, 2.05) is 4.68 Å². The van der Waals surface area contributed by atoms with E-state index >= 15 is 0 Å². The van der Waals surface area contributed by atoms with Crippen molar-refractivity contribution in [2.45, 2.75) is 51.8 Å². The second-order valence-corrected chi connectivity index (χ2v) is 5.62. The van der Waals surface area contributed by atoms with Gasteiger partial charge in [0.05, 0.1) is 29.1 Å². The van der Waals surface area contributed by atoms with Gasteiger partial charge in [-0.05, 0) is 26.7 Å². The lowest BCUT2D eigenvalue weighted by atomic mass is 9.89. The fourth-order valence-corrected chi connectivity index (χ4v) is 3.03. The normalized spacial score (nSPS) is 25.9. The van der Waals surface area contributed by atoms with Crippen LogP contribution in [-0.4, -0.2) is 22.5 Å². The fraction of sp³-hybridized carbons (Fsp3) is 0.769. The Morgan fingerprint density at radius 3 is 2.94 bits per heavy atom. The minimum absolute atomic E-state index is 0.102. The molecule has 1 aromatic rings. The van der Waals surface area contributed by atoms with Gasteiger partial charge in [-0.1, -0.05) is 18.5 Å². The zero-order chi connectivity index (χ0) is 13.3. The quantitative estimate of drug-likeness (QED) is 0.916. The van der Waals surface area contributed by atoms with Crippen LogP contribution in [0.3, 0.4) is 0 Å². The van der Waals surface area contributed by atoms with Gasteiger partial charge in [-0.3, -0.25) is 4.68 Å². The first-order chi connectivity index (χ1) is 8.56. The van der Waals surface area contributed by atoms with Gasteiger partial charge in [-0.15, -0.1) is 0 Å². The average molecular weight is 272 g/mol. The molecule has 2 heterocycles. The molecule has 2 rings (SSSR count). The number of aromatic nitrogens is 2. The van der Waals surface area contributed by atoms with Crippen LogP contribution in [0, 0.1) is 5.92 Å². The van der Waals surface area contributed by atoms with E-state index in [-0.39, 0.29) is 18.2 Å². The third-order valence-corrected chi connectivity index (χ3v) is 4.01. The highest BCUT2D eigenvalue weighted by molar-refractivity contribution is 6.31. The Hall–Kier alpha value is -0.580. The van der Waals surface area contributed by atoms with Crippen molar-refractivity contribution < 1.29 is 4.74 Å². The van der Waals surface area contributed by atoms with Gasteiger partial charge in [-0.2, -0.15) is 5.10 Å². The van der Waals surface area contributed by atoms with Crippen LogP contribution in [0.1, 0.15) is 51.4 Å². The largest absolute Gasteiger partial charge is 0.378 e. The molecule has 4 nitrogen and oxygen atoms in total. The minimum atomic E-state index is -0.102. The molecular weight excluding hydrogens is 250 g/mol. The van der Waals surface area contributed by atoms with Crippen LogP contribution < -0.4 is 5.73 Å². The summed E-state index contributed by atoms with van der Waals surface area (Å²) in [7, 11) is 0. The molecule has 2 N–H and O–H groups in total. The highest BCUT2D eigenvalue weighted by Gasteiger charge is 2.35. The molecule has 0 aliphatic carbocycles. The lowest BCUT2D eigenvalue weighted by Crippen LogP contribution is -2.30. The molecule has 1 aromatic heterocycles. The molecule has 18 heavy (non-hydrogen) atoms. The van der Waals surface area contributed by atoms with E-state index in [0.29, 0.717) is 10.9 Å². The second kappa shape index (κ2) is 5.59. The van der Waals surface area contributed by atoms with Crippen LogP contribution >= 0.6 is 11.6 Å². The Kier molecular flexibility index (Phi) is 4.30. The number of halogens is 1. The van der Waals surface area contributed by atoms with Crippen LogP contribution in [0.25, 0.3) is 0 Å². The van der Waals surface area contributed by atoms with Gasteiger partial charge in [0, 0.05) is 18.6 Å². The molecule has 0 saturated carbocycles. The highest BCUT2D eigenvalue weighted by Crippen LogP contribution is 2.36. The molecule has 0 bridgehead atoms. The smallest absolute Gasteiger partial charge is 0.0834 e. The predicted octanol–water partition coefficient (Wildman–Crippen LogP) is 2.93. The minimum Gasteiger partial charge on any atom is -0.378 e. The number of nitrogens with two attached hydrogens (primary N) is 1. The van der Waals surface area contributed by atoms with E-state index in [1.165, 1.54) is 0 Å². The van der Waals surface area contributed by atoms with Crippen molar-refractivity contribution in [2.75, 3.05) is 6.61 Å². The molecule has 5 heteroatoms. The van der Waals surface area contributed by atoms with Crippen molar-refractivity contribution in [3.63, 3.8) is 0 Å². The van der Waals surface area contributed by atoms with Crippen molar-refractivity contribution in [1.29, 1.82) is 0 Å². The van der Waals surface area contributed by atoms with Crippen molar-refractivity contribution >= 4 is 11.6 Å². The van der Waals surface area contributed by atoms with Crippen LogP contribution in [0.4, 0.5) is 0 Å². The fourth-order valence-electron chi connectivity index (χ4n) is 2.77. The summed E-state index contributed by atoms with van der Waals surface area (Å²) in [5.74, 6) is 0.335. The number of rotatable bonds is 4. The molecule has 1 aliphatic rings. The molecule has 0 spiro atoms. The molecule has 3 atom stereocenters. The lowest BCUT2D eigenvalue weighted by Gasteiger charge is -2.25. The van der Waals surface area contributed by atoms with E-state index in [9.17, 15) is 0 Å². The van der Waals surface area contributed by atoms with Gasteiger partial charge >= 0.3 is 0 Å². The maximum absolute atomic E-state index is 6.42. The zero-order valence-corrected chi connectivity index (χ0v) is 12.0. The Bertz CT molecular complexity index is 405. The topological polar surface area (TPSA) is 53.1 Å². The SMILES string of the molecule is CCC1OCCC1C(N)c1c(Cl)cnn1C(C)C. The maximum atomic E-state index is 6.42. The summed E-state index contributed by atoms with van der Waals surface area (Å²) in [4.78, 5) is 0. The summed E-state index contributed by atoms with van der Waals surface area (Å²) >= 11 is 6.25. The van der Waals surface area contributed by atoms with Crippen LogP contribution in [0.2, 0.25) is 5.02 Å². The molecule has 0 amide bonds. The molecular formula is C13H22ClN3O. The molecule has 1 fully saturated rings. The first kappa shape index (κ1) is 13.8. The third kappa shape index (κ3) is 2.42. The van der Waals surface area contributed by atoms with Gasteiger partial charge in [0.1, 0.15) is 0 Å². The second-order valence-electron chi connectivity index (χ2n) is 5.21. The summed E-state index contributed by atoms with van der Waals surface area (Å²) in [6.07, 6.45) is 3.92. The average Bonchev–Trinajstić information content (AvgIpc) is 2.93. The van der Waals surface area contributed by atoms with Crippen LogP contribution in [-0.2, 0) is 4.74 Å². The summed E-state index contributed by atoms with van der Waals surface area (Å²) in [6, 6.07) is 0.163. The van der Waals surface area contributed by atoms with Crippen molar-refractivity contribution in [3.05, 3.63) is 16.9 Å². The van der Waals surface area contributed by atoms with Gasteiger partial charge in [0.25, 0.3) is 0 Å². The molecule has 0 aromatic carbocycles. The Labute approximate surface area is 113 Å². The molecule has 0 radical (unpaired) electrons. The van der Waals surface area contributed by atoms with Crippen LogP contribution in [0.5, 0.6) is 0 Å². The maximum Gasteiger partial charge on any atom is 0.0834 e. The van der Waals surface area contributed by atoms with E-state index in [2.05, 4.69) is 25.9 Å². The van der Waals surface area contributed by atoms with Crippen LogP contribution in [0.15, 0.2) is 6.20 Å². The number of hydrogen-bond donors (Lipinski definition) is 1. The molecule has 1 aliphatic heterocycles. The highest BCUT2D eigenvalue weighted by atomic mass is 35.5. The van der Waals surface area contributed by atoms with E-state index in [4.69, 9.17) is 22.1 Å². The summed E-state index contributed by atoms with van der Waals surface area (Å²) < 4.78 is 7.65. The summed E-state index contributed by atoms with van der Waals surface area (Å²) in [5.41, 5.74) is 7.37. The molecule has 102 valence electrons. The molecule has 1 saturated heterocycles. The first-order valence-electron chi connectivity index (χ1n) is 6.66. The van der Waals surface area contributed by atoms with Crippen molar-refractivity contribution in [1.82, 2.24) is 9.78 Å². The predicted molar refractivity (Wildman–Crippen MR) is 72.7 cm³/mol.